The van der Waals surface area contributed by atoms with Crippen LogP contribution in [0, 0.1) is 11.6 Å². The fourth-order valence-corrected chi connectivity index (χ4v) is 8.91. The lowest BCUT2D eigenvalue weighted by Gasteiger charge is -2.32. The predicted molar refractivity (Wildman–Crippen MR) is 252 cm³/mol. The first kappa shape index (κ1) is 46.6. The summed E-state index contributed by atoms with van der Waals surface area (Å²) in [4.78, 5) is 9.27. The summed E-state index contributed by atoms with van der Waals surface area (Å²) in [7, 11) is -2.96. The minimum absolute atomic E-state index is 0.266. The molecule has 1 aliphatic heterocycles. The highest BCUT2D eigenvalue weighted by molar-refractivity contribution is 9.10. The van der Waals surface area contributed by atoms with Gasteiger partial charge in [-0.25, -0.2) is 18.7 Å². The maximum Gasteiger partial charge on any atom is 0.497 e. The van der Waals surface area contributed by atoms with Crippen molar-refractivity contribution < 1.29 is 27.6 Å². The zero-order chi connectivity index (χ0) is 43.8. The van der Waals surface area contributed by atoms with Crippen molar-refractivity contribution in [1.29, 1.82) is 0 Å². The van der Waals surface area contributed by atoms with E-state index in [-0.39, 0.29) is 11.6 Å². The summed E-state index contributed by atoms with van der Waals surface area (Å²) in [5.74, 6) is -0.554. The van der Waals surface area contributed by atoms with E-state index in [1.54, 1.807) is 36.7 Å². The van der Waals surface area contributed by atoms with Gasteiger partial charge < -0.3 is 27.9 Å². The molecule has 16 heteroatoms. The summed E-state index contributed by atoms with van der Waals surface area (Å²) >= 11 is 17.0. The number of hydrogen-bond acceptors (Lipinski definition) is 6. The minimum atomic E-state index is -1.19. The minimum Gasteiger partial charge on any atom is -0.399 e. The van der Waals surface area contributed by atoms with Gasteiger partial charge in [0, 0.05) is 81.5 Å². The van der Waals surface area contributed by atoms with Crippen LogP contribution in [0.4, 0.5) is 8.78 Å². The first-order valence-corrected chi connectivity index (χ1v) is 29.0. The normalized spacial score (nSPS) is 15.2. The van der Waals surface area contributed by atoms with Crippen LogP contribution in [-0.4, -0.2) is 66.8 Å². The van der Waals surface area contributed by atoms with E-state index in [0.29, 0.717) is 41.2 Å². The van der Waals surface area contributed by atoms with E-state index >= 15 is 0 Å². The number of ether oxygens (including phenoxy) is 2. The molecule has 5 heterocycles. The van der Waals surface area contributed by atoms with Crippen molar-refractivity contribution in [2.75, 3.05) is 13.2 Å². The van der Waals surface area contributed by atoms with Crippen molar-refractivity contribution in [3.8, 4) is 22.3 Å². The second-order valence-corrected chi connectivity index (χ2v) is 31.5. The summed E-state index contributed by atoms with van der Waals surface area (Å²) in [6.45, 7) is 24.2. The number of hydrogen-bond donors (Lipinski definition) is 0. The summed E-state index contributed by atoms with van der Waals surface area (Å²) in [6, 6.07) is 15.0. The first-order chi connectivity index (χ1) is 28.0. The van der Waals surface area contributed by atoms with Crippen molar-refractivity contribution >= 4 is 89.9 Å². The highest BCUT2D eigenvalue weighted by atomic mass is 79.9. The van der Waals surface area contributed by atoms with Gasteiger partial charge in [-0.2, -0.15) is 0 Å². The van der Waals surface area contributed by atoms with Gasteiger partial charge in [-0.1, -0.05) is 86.7 Å². The molecule has 0 atom stereocenters. The van der Waals surface area contributed by atoms with Gasteiger partial charge in [-0.05, 0) is 91.1 Å². The monoisotopic (exact) mass is 956 g/mol. The van der Waals surface area contributed by atoms with Crippen LogP contribution in [-0.2, 0) is 32.2 Å². The summed E-state index contributed by atoms with van der Waals surface area (Å²) in [6.07, 6.45) is 7.36. The lowest BCUT2D eigenvalue weighted by atomic mass is 9.79. The highest BCUT2D eigenvalue weighted by Crippen LogP contribution is 2.40. The lowest BCUT2D eigenvalue weighted by molar-refractivity contribution is 0.00578. The van der Waals surface area contributed by atoms with E-state index in [1.165, 1.54) is 24.3 Å². The van der Waals surface area contributed by atoms with E-state index in [9.17, 15) is 8.78 Å². The van der Waals surface area contributed by atoms with Crippen molar-refractivity contribution in [3.63, 3.8) is 0 Å². The summed E-state index contributed by atoms with van der Waals surface area (Å²) < 4.78 is 55.9. The second kappa shape index (κ2) is 18.4. The molecule has 0 unspecified atom stereocenters. The van der Waals surface area contributed by atoms with Crippen LogP contribution in [0.3, 0.4) is 0 Å². The van der Waals surface area contributed by atoms with Crippen molar-refractivity contribution in [1.82, 2.24) is 19.1 Å². The van der Waals surface area contributed by atoms with Crippen LogP contribution in [0.1, 0.15) is 27.7 Å². The van der Waals surface area contributed by atoms with Crippen LogP contribution in [0.2, 0.25) is 61.4 Å². The van der Waals surface area contributed by atoms with Crippen LogP contribution < -0.4 is 5.46 Å². The SMILES string of the molecule is CC1(C)OB(c2cnc3c(c(-c4ccc(F)cc4)cn3COCC[Si](C)(C)C)c2Cl)OC1(C)C.C[Si](C)(C)CCOCn1cc(-c2ccc(F)cc2)c2c(Cl)c(Br)cnc21. The fraction of sp³-hybridized carbons (Fsp3) is 0.409. The smallest absolute Gasteiger partial charge is 0.399 e. The molecule has 4 aromatic heterocycles. The van der Waals surface area contributed by atoms with Gasteiger partial charge in [0.1, 0.15) is 36.4 Å². The quantitative estimate of drug-likeness (QED) is 0.0848. The summed E-state index contributed by atoms with van der Waals surface area (Å²) in [5.41, 5.74) is 4.66. The highest BCUT2D eigenvalue weighted by Gasteiger charge is 2.52. The number of fused-ring (bicyclic) bond motifs is 2. The van der Waals surface area contributed by atoms with Gasteiger partial charge in [-0.3, -0.25) is 0 Å². The summed E-state index contributed by atoms with van der Waals surface area (Å²) in [5, 5.41) is 2.72. The van der Waals surface area contributed by atoms with Gasteiger partial charge in [0.25, 0.3) is 0 Å². The molecule has 7 rings (SSSR count). The van der Waals surface area contributed by atoms with Gasteiger partial charge in [0.2, 0.25) is 0 Å². The molecule has 2 aromatic carbocycles. The number of benzene rings is 2. The van der Waals surface area contributed by atoms with Crippen LogP contribution >= 0.6 is 39.1 Å². The maximum absolute atomic E-state index is 13.6. The van der Waals surface area contributed by atoms with Gasteiger partial charge in [0.05, 0.1) is 25.7 Å². The van der Waals surface area contributed by atoms with Gasteiger partial charge >= 0.3 is 7.12 Å². The topological polar surface area (TPSA) is 72.6 Å². The van der Waals surface area contributed by atoms with E-state index in [2.05, 4.69) is 60.2 Å². The molecular weight excluding hydrogens is 904 g/mol. The molecule has 0 saturated carbocycles. The number of nitrogens with zero attached hydrogens (tertiary/aromatic N) is 4. The van der Waals surface area contributed by atoms with Crippen LogP contribution in [0.25, 0.3) is 44.3 Å². The predicted octanol–water partition coefficient (Wildman–Crippen LogP) is 12.7. The number of halogens is 5. The van der Waals surface area contributed by atoms with E-state index < -0.39 is 34.5 Å². The molecule has 1 aliphatic rings. The van der Waals surface area contributed by atoms with Crippen molar-refractivity contribution in [2.45, 2.75) is 104 Å². The first-order valence-electron chi connectivity index (χ1n) is 20.1. The number of aromatic nitrogens is 4. The molecular formula is C44H54BBrCl2F2N4O4Si2. The largest absolute Gasteiger partial charge is 0.497 e. The third kappa shape index (κ3) is 10.8. The maximum atomic E-state index is 13.6. The number of rotatable bonds is 13. The Morgan fingerprint density at radius 1 is 0.667 bits per heavy atom. The zero-order valence-electron chi connectivity index (χ0n) is 36.1. The Kier molecular flexibility index (Phi) is 14.3. The van der Waals surface area contributed by atoms with Crippen LogP contribution in [0.5, 0.6) is 0 Å². The molecule has 1 saturated heterocycles. The molecule has 0 N–H and O–H groups in total. The van der Waals surface area contributed by atoms with E-state index in [0.717, 1.165) is 61.8 Å². The third-order valence-electron chi connectivity index (χ3n) is 10.9. The molecule has 0 amide bonds. The molecule has 0 aliphatic carbocycles. The fourth-order valence-electron chi connectivity index (χ4n) is 6.54. The van der Waals surface area contributed by atoms with Crippen molar-refractivity contribution in [2.24, 2.45) is 0 Å². The Hall–Kier alpha value is -2.92. The standard InChI is InChI=1S/C25H33BClFN2O3Si.C19H21BrClFN2OSi/c1-24(2)25(3,4)33-26(32-24)20-14-29-23-21(22(20)27)19(17-8-10-18(28)11-9-17)15-30(23)16-31-12-13-34(5,6)7;1-26(2,3)9-8-25-12-24-11-15(13-4-6-14(22)7-5-13)17-18(21)16(20)10-23-19(17)24/h8-11,14-15H,12-13,16H2,1-7H3;4-7,10-11H,8-9,12H2,1-3H3. The van der Waals surface area contributed by atoms with Crippen LogP contribution in [0.15, 0.2) is 77.8 Å². The molecule has 1 fully saturated rings. The second-order valence-electron chi connectivity index (χ2n) is 18.7. The molecule has 6 aromatic rings. The molecule has 60 heavy (non-hydrogen) atoms. The molecule has 8 nitrogen and oxygen atoms in total. The molecule has 0 bridgehead atoms. The molecule has 320 valence electrons. The zero-order valence-corrected chi connectivity index (χ0v) is 41.2. The Labute approximate surface area is 373 Å². The lowest BCUT2D eigenvalue weighted by Crippen LogP contribution is -2.41. The molecule has 0 spiro atoms. The van der Waals surface area contributed by atoms with E-state index in [4.69, 9.17) is 47.0 Å². The average Bonchev–Trinajstić information content (AvgIpc) is 3.79. The Morgan fingerprint density at radius 3 is 1.48 bits per heavy atom. The van der Waals surface area contributed by atoms with E-state index in [1.807, 2.05) is 49.2 Å². The Morgan fingerprint density at radius 2 is 1.07 bits per heavy atom. The third-order valence-corrected chi connectivity index (χ3v) is 15.9. The molecule has 0 radical (unpaired) electrons. The number of pyridine rings is 2. The Bertz CT molecular complexity index is 2440. The Balaban J connectivity index is 0.000000209. The van der Waals surface area contributed by atoms with Crippen molar-refractivity contribution in [3.05, 3.63) is 99.5 Å². The van der Waals surface area contributed by atoms with Gasteiger partial charge in [0.15, 0.2) is 0 Å². The van der Waals surface area contributed by atoms with Gasteiger partial charge in [-0.15, -0.1) is 0 Å². The average molecular weight is 959 g/mol.